The largest absolute Gasteiger partial charge is 0.484 e. The van der Waals surface area contributed by atoms with E-state index in [2.05, 4.69) is 5.32 Å². The van der Waals surface area contributed by atoms with Gasteiger partial charge >= 0.3 is 0 Å². The Morgan fingerprint density at radius 1 is 1.00 bits per heavy atom. The molecule has 11 heteroatoms. The summed E-state index contributed by atoms with van der Waals surface area (Å²) in [4.78, 5) is 28.7. The molecular weight excluding hydrogens is 561 g/mol. The van der Waals surface area contributed by atoms with E-state index in [4.69, 9.17) is 9.47 Å². The van der Waals surface area contributed by atoms with Crippen LogP contribution in [0.2, 0.25) is 0 Å². The number of hydrogen-bond acceptors (Lipinski definition) is 6. The van der Waals surface area contributed by atoms with E-state index in [0.29, 0.717) is 36.6 Å². The molecule has 1 aliphatic heterocycles. The molecule has 42 heavy (non-hydrogen) atoms. The van der Waals surface area contributed by atoms with Gasteiger partial charge in [-0.15, -0.1) is 0 Å². The number of nitrogens with zero attached hydrogens (tertiary/aromatic N) is 2. The number of sulfonamides is 1. The van der Waals surface area contributed by atoms with Crippen LogP contribution >= 0.6 is 0 Å². The number of morpholine rings is 1. The van der Waals surface area contributed by atoms with Crippen molar-refractivity contribution in [3.05, 3.63) is 95.8 Å². The second kappa shape index (κ2) is 14.9. The quantitative estimate of drug-likeness (QED) is 0.300. The van der Waals surface area contributed by atoms with E-state index in [1.54, 1.807) is 36.4 Å². The lowest BCUT2D eigenvalue weighted by molar-refractivity contribution is -0.143. The minimum Gasteiger partial charge on any atom is -0.484 e. The minimum absolute atomic E-state index is 0.0416. The molecule has 2 amide bonds. The number of benzene rings is 3. The molecule has 224 valence electrons. The first-order valence-corrected chi connectivity index (χ1v) is 15.4. The highest BCUT2D eigenvalue weighted by atomic mass is 32.2. The molecule has 1 N–H and O–H groups in total. The van der Waals surface area contributed by atoms with Crippen molar-refractivity contribution < 1.29 is 31.9 Å². The molecule has 0 spiro atoms. The van der Waals surface area contributed by atoms with E-state index >= 15 is 0 Å². The molecule has 0 aliphatic carbocycles. The summed E-state index contributed by atoms with van der Waals surface area (Å²) in [5.41, 5.74) is 1.27. The van der Waals surface area contributed by atoms with Crippen LogP contribution in [-0.4, -0.2) is 68.9 Å². The van der Waals surface area contributed by atoms with Crippen molar-refractivity contribution in [2.45, 2.75) is 37.2 Å². The third-order valence-electron chi connectivity index (χ3n) is 6.89. The van der Waals surface area contributed by atoms with Crippen LogP contribution in [0.4, 0.5) is 4.39 Å². The Labute approximate surface area is 246 Å². The number of carbonyl (C=O) groups is 2. The fraction of sp³-hybridized carbons (Fsp3) is 0.355. The summed E-state index contributed by atoms with van der Waals surface area (Å²) >= 11 is 0. The lowest BCUT2D eigenvalue weighted by Crippen LogP contribution is -2.45. The summed E-state index contributed by atoms with van der Waals surface area (Å²) in [7, 11) is -3.67. The average molecular weight is 598 g/mol. The van der Waals surface area contributed by atoms with Crippen LogP contribution in [0.3, 0.4) is 0 Å². The fourth-order valence-corrected chi connectivity index (χ4v) is 5.98. The number of rotatable bonds is 13. The maximum absolute atomic E-state index is 13.7. The normalized spacial score (nSPS) is 14.6. The molecule has 9 nitrogen and oxygen atoms in total. The Balaban J connectivity index is 1.54. The van der Waals surface area contributed by atoms with Crippen molar-refractivity contribution in [1.82, 2.24) is 14.5 Å². The Morgan fingerprint density at radius 2 is 1.67 bits per heavy atom. The molecule has 1 aliphatic rings. The van der Waals surface area contributed by atoms with E-state index in [1.165, 1.54) is 45.6 Å². The lowest BCUT2D eigenvalue weighted by atomic mass is 10.0. The first kappa shape index (κ1) is 31.1. The molecule has 3 aromatic rings. The number of nitrogens with one attached hydrogen (secondary N) is 1. The van der Waals surface area contributed by atoms with Gasteiger partial charge in [0, 0.05) is 26.2 Å². The zero-order valence-electron chi connectivity index (χ0n) is 23.6. The van der Waals surface area contributed by atoms with Crippen LogP contribution in [0.1, 0.15) is 36.9 Å². The number of carbonyl (C=O) groups excluding carboxylic acids is 2. The smallest absolute Gasteiger partial charge is 0.261 e. The Morgan fingerprint density at radius 3 is 2.31 bits per heavy atom. The summed E-state index contributed by atoms with van der Waals surface area (Å²) < 4.78 is 51.9. The van der Waals surface area contributed by atoms with Crippen LogP contribution in [0, 0.1) is 5.82 Å². The van der Waals surface area contributed by atoms with Gasteiger partial charge in [-0.25, -0.2) is 12.8 Å². The molecule has 1 fully saturated rings. The molecule has 1 saturated heterocycles. The Bertz CT molecular complexity index is 1410. The van der Waals surface area contributed by atoms with Gasteiger partial charge in [-0.2, -0.15) is 4.31 Å². The fourth-order valence-electron chi connectivity index (χ4n) is 4.58. The zero-order valence-corrected chi connectivity index (χ0v) is 24.4. The van der Waals surface area contributed by atoms with Crippen molar-refractivity contribution in [3.8, 4) is 5.75 Å². The van der Waals surface area contributed by atoms with Gasteiger partial charge in [0.1, 0.15) is 17.6 Å². The standard InChI is InChI=1S/C31H36FN3O6S/c1-2-3-17-33-31(37)30(25-7-5-4-6-8-25)35(22-24-9-11-26(32)12-10-24)29(36)23-41-27-13-15-28(16-14-27)42(38,39)34-18-20-40-21-19-34/h4-16,30H,2-3,17-23H2,1H3,(H,33,37)/t30-/m1/s1. The molecule has 1 atom stereocenters. The van der Waals surface area contributed by atoms with E-state index in [9.17, 15) is 22.4 Å². The van der Waals surface area contributed by atoms with Gasteiger partial charge < -0.3 is 19.7 Å². The topological polar surface area (TPSA) is 105 Å². The van der Waals surface area contributed by atoms with Crippen molar-refractivity contribution >= 4 is 21.8 Å². The van der Waals surface area contributed by atoms with Crippen LogP contribution in [0.25, 0.3) is 0 Å². The molecule has 0 saturated carbocycles. The summed E-state index contributed by atoms with van der Waals surface area (Å²) in [5.74, 6) is -0.905. The highest BCUT2D eigenvalue weighted by Crippen LogP contribution is 2.25. The first-order chi connectivity index (χ1) is 20.3. The van der Waals surface area contributed by atoms with E-state index in [1.807, 2.05) is 13.0 Å². The number of amides is 2. The highest BCUT2D eigenvalue weighted by Gasteiger charge is 2.32. The maximum Gasteiger partial charge on any atom is 0.261 e. The van der Waals surface area contributed by atoms with Gasteiger partial charge in [0.25, 0.3) is 5.91 Å². The summed E-state index contributed by atoms with van der Waals surface area (Å²) in [6, 6.07) is 19.7. The van der Waals surface area contributed by atoms with Crippen LogP contribution in [0.5, 0.6) is 5.75 Å². The molecular formula is C31H36FN3O6S. The average Bonchev–Trinajstić information content (AvgIpc) is 3.02. The van der Waals surface area contributed by atoms with Gasteiger partial charge in [0.2, 0.25) is 15.9 Å². The molecule has 0 unspecified atom stereocenters. The van der Waals surface area contributed by atoms with Crippen LogP contribution < -0.4 is 10.1 Å². The van der Waals surface area contributed by atoms with Crippen molar-refractivity contribution in [2.75, 3.05) is 39.5 Å². The van der Waals surface area contributed by atoms with E-state index in [0.717, 1.165) is 12.8 Å². The zero-order chi connectivity index (χ0) is 30.0. The third-order valence-corrected chi connectivity index (χ3v) is 8.80. The Kier molecular flexibility index (Phi) is 11.0. The van der Waals surface area contributed by atoms with Gasteiger partial charge in [-0.3, -0.25) is 9.59 Å². The molecule has 0 bridgehead atoms. The van der Waals surface area contributed by atoms with Gasteiger partial charge in [-0.1, -0.05) is 55.8 Å². The molecule has 0 radical (unpaired) electrons. The minimum atomic E-state index is -3.67. The summed E-state index contributed by atoms with van der Waals surface area (Å²) in [5, 5.41) is 2.93. The third kappa shape index (κ3) is 8.15. The predicted molar refractivity (Wildman–Crippen MR) is 156 cm³/mol. The summed E-state index contributed by atoms with van der Waals surface area (Å²) in [6.07, 6.45) is 1.69. The number of ether oxygens (including phenoxy) is 2. The predicted octanol–water partition coefficient (Wildman–Crippen LogP) is 3.91. The van der Waals surface area contributed by atoms with Crippen molar-refractivity contribution in [2.24, 2.45) is 0 Å². The molecule has 1 heterocycles. The van der Waals surface area contributed by atoms with Crippen molar-refractivity contribution in [3.63, 3.8) is 0 Å². The molecule has 4 rings (SSSR count). The first-order valence-electron chi connectivity index (χ1n) is 14.0. The monoisotopic (exact) mass is 597 g/mol. The number of unbranched alkanes of at least 4 members (excludes halogenated alkanes) is 1. The highest BCUT2D eigenvalue weighted by molar-refractivity contribution is 7.89. The Hall–Kier alpha value is -3.80. The number of hydrogen-bond donors (Lipinski definition) is 1. The van der Waals surface area contributed by atoms with Gasteiger partial charge in [-0.05, 0) is 53.9 Å². The SMILES string of the molecule is CCCCNC(=O)[C@@H](c1ccccc1)N(Cc1ccc(F)cc1)C(=O)COc1ccc(S(=O)(=O)N2CCOCC2)cc1. The molecule has 0 aromatic heterocycles. The second-order valence-corrected chi connectivity index (χ2v) is 11.8. The van der Waals surface area contributed by atoms with Crippen LogP contribution in [-0.2, 0) is 30.9 Å². The number of halogens is 1. The van der Waals surface area contributed by atoms with Gasteiger partial charge in [0.15, 0.2) is 6.61 Å². The maximum atomic E-state index is 13.7. The van der Waals surface area contributed by atoms with E-state index < -0.39 is 34.4 Å². The van der Waals surface area contributed by atoms with Crippen LogP contribution in [0.15, 0.2) is 83.8 Å². The summed E-state index contributed by atoms with van der Waals surface area (Å²) in [6.45, 7) is 3.39. The van der Waals surface area contributed by atoms with Gasteiger partial charge in [0.05, 0.1) is 18.1 Å². The lowest BCUT2D eigenvalue weighted by Gasteiger charge is -2.31. The molecule has 3 aromatic carbocycles. The van der Waals surface area contributed by atoms with E-state index in [-0.39, 0.29) is 30.4 Å². The second-order valence-electron chi connectivity index (χ2n) is 9.88. The van der Waals surface area contributed by atoms with Crippen molar-refractivity contribution in [1.29, 1.82) is 0 Å².